The molecule has 1 aromatic rings. The maximum absolute atomic E-state index is 5.89. The molecular formula is C14H18O2. The third-order valence-corrected chi connectivity index (χ3v) is 2.88. The molecule has 16 heavy (non-hydrogen) atoms. The van der Waals surface area contributed by atoms with Crippen LogP contribution >= 0.6 is 0 Å². The van der Waals surface area contributed by atoms with Gasteiger partial charge in [-0.05, 0) is 30.5 Å². The highest BCUT2D eigenvalue weighted by Crippen LogP contribution is 2.28. The van der Waals surface area contributed by atoms with Crippen LogP contribution in [0.5, 0.6) is 5.75 Å². The van der Waals surface area contributed by atoms with Crippen LogP contribution in [-0.4, -0.2) is 12.4 Å². The predicted octanol–water partition coefficient (Wildman–Crippen LogP) is 3.63. The van der Waals surface area contributed by atoms with Crippen LogP contribution in [0.25, 0.3) is 6.08 Å². The first-order valence-corrected chi connectivity index (χ1v) is 5.77. The zero-order valence-corrected chi connectivity index (χ0v) is 9.74. The molecule has 0 aliphatic carbocycles. The van der Waals surface area contributed by atoms with Gasteiger partial charge in [0.05, 0.1) is 6.61 Å². The molecule has 1 atom stereocenters. The van der Waals surface area contributed by atoms with E-state index in [-0.39, 0.29) is 0 Å². The van der Waals surface area contributed by atoms with E-state index in [1.807, 2.05) is 37.3 Å². The lowest BCUT2D eigenvalue weighted by Gasteiger charge is -2.34. The summed E-state index contributed by atoms with van der Waals surface area (Å²) in [5, 5.41) is 0. The highest BCUT2D eigenvalue weighted by Gasteiger charge is 2.29. The average molecular weight is 218 g/mol. The second-order valence-corrected chi connectivity index (χ2v) is 4.31. The lowest BCUT2D eigenvalue weighted by molar-refractivity contribution is -0.192. The Kier molecular flexibility index (Phi) is 3.30. The van der Waals surface area contributed by atoms with Crippen molar-refractivity contribution in [2.24, 2.45) is 0 Å². The van der Waals surface area contributed by atoms with E-state index in [0.717, 1.165) is 30.8 Å². The van der Waals surface area contributed by atoms with E-state index >= 15 is 0 Å². The Labute approximate surface area is 96.9 Å². The standard InChI is InChI=1S/C14H18O2/c1-3-12-6-8-13(9-7-12)16-14(2)10-4-5-11-15-14/h3,6-9H,1,4-5,10-11H2,2H3. The molecule has 1 aliphatic rings. The molecule has 0 bridgehead atoms. The molecule has 1 unspecified atom stereocenters. The maximum atomic E-state index is 5.89. The smallest absolute Gasteiger partial charge is 0.207 e. The summed E-state index contributed by atoms with van der Waals surface area (Å²) in [4.78, 5) is 0. The van der Waals surface area contributed by atoms with Gasteiger partial charge in [-0.1, -0.05) is 24.8 Å². The SMILES string of the molecule is C=Cc1ccc(OC2(C)CCCCO2)cc1. The minimum Gasteiger partial charge on any atom is -0.463 e. The van der Waals surface area contributed by atoms with Gasteiger partial charge in [0.15, 0.2) is 0 Å². The zero-order valence-electron chi connectivity index (χ0n) is 9.74. The van der Waals surface area contributed by atoms with Crippen molar-refractivity contribution >= 4 is 6.08 Å². The van der Waals surface area contributed by atoms with Crippen molar-refractivity contribution in [3.8, 4) is 5.75 Å². The molecular weight excluding hydrogens is 200 g/mol. The number of rotatable bonds is 3. The molecule has 86 valence electrons. The molecule has 1 heterocycles. The molecule has 0 amide bonds. The summed E-state index contributed by atoms with van der Waals surface area (Å²) < 4.78 is 11.6. The van der Waals surface area contributed by atoms with E-state index in [0.29, 0.717) is 0 Å². The molecule has 0 radical (unpaired) electrons. The first-order chi connectivity index (χ1) is 7.72. The Bertz CT molecular complexity index is 348. The van der Waals surface area contributed by atoms with Gasteiger partial charge in [-0.15, -0.1) is 0 Å². The fourth-order valence-corrected chi connectivity index (χ4v) is 1.91. The van der Waals surface area contributed by atoms with Crippen LogP contribution < -0.4 is 4.74 Å². The van der Waals surface area contributed by atoms with Crippen molar-refractivity contribution in [2.75, 3.05) is 6.61 Å². The van der Waals surface area contributed by atoms with Crippen LogP contribution in [0.2, 0.25) is 0 Å². The zero-order chi connectivity index (χ0) is 11.4. The highest BCUT2D eigenvalue weighted by atomic mass is 16.7. The van der Waals surface area contributed by atoms with Crippen LogP contribution in [-0.2, 0) is 4.74 Å². The lowest BCUT2D eigenvalue weighted by Crippen LogP contribution is -2.38. The Hall–Kier alpha value is -1.28. The summed E-state index contributed by atoms with van der Waals surface area (Å²) in [6, 6.07) is 7.91. The monoisotopic (exact) mass is 218 g/mol. The summed E-state index contributed by atoms with van der Waals surface area (Å²) >= 11 is 0. The van der Waals surface area contributed by atoms with Crippen molar-refractivity contribution in [1.82, 2.24) is 0 Å². The topological polar surface area (TPSA) is 18.5 Å². The molecule has 1 saturated heterocycles. The van der Waals surface area contributed by atoms with Crippen molar-refractivity contribution < 1.29 is 9.47 Å². The Balaban J connectivity index is 2.04. The number of hydrogen-bond acceptors (Lipinski definition) is 2. The molecule has 2 nitrogen and oxygen atoms in total. The van der Waals surface area contributed by atoms with E-state index in [4.69, 9.17) is 9.47 Å². The Morgan fingerprint density at radius 1 is 1.31 bits per heavy atom. The fourth-order valence-electron chi connectivity index (χ4n) is 1.91. The van der Waals surface area contributed by atoms with Gasteiger partial charge in [-0.2, -0.15) is 0 Å². The van der Waals surface area contributed by atoms with Gasteiger partial charge in [0.25, 0.3) is 0 Å². The molecule has 0 saturated carbocycles. The summed E-state index contributed by atoms with van der Waals surface area (Å²) in [6.07, 6.45) is 5.08. The predicted molar refractivity (Wildman–Crippen MR) is 65.4 cm³/mol. The summed E-state index contributed by atoms with van der Waals surface area (Å²) in [5.41, 5.74) is 1.10. The van der Waals surface area contributed by atoms with Gasteiger partial charge in [0.2, 0.25) is 5.79 Å². The van der Waals surface area contributed by atoms with Gasteiger partial charge >= 0.3 is 0 Å². The quantitative estimate of drug-likeness (QED) is 0.771. The highest BCUT2D eigenvalue weighted by molar-refractivity contribution is 5.48. The molecule has 2 rings (SSSR count). The van der Waals surface area contributed by atoms with Crippen LogP contribution in [0.1, 0.15) is 31.7 Å². The van der Waals surface area contributed by atoms with Gasteiger partial charge in [0.1, 0.15) is 5.75 Å². The van der Waals surface area contributed by atoms with E-state index in [9.17, 15) is 0 Å². The van der Waals surface area contributed by atoms with Gasteiger partial charge in [0, 0.05) is 13.3 Å². The van der Waals surface area contributed by atoms with Gasteiger partial charge in [-0.25, -0.2) is 0 Å². The third-order valence-electron chi connectivity index (χ3n) is 2.88. The second-order valence-electron chi connectivity index (χ2n) is 4.31. The van der Waals surface area contributed by atoms with Crippen LogP contribution in [0, 0.1) is 0 Å². The summed E-state index contributed by atoms with van der Waals surface area (Å²) in [5.74, 6) is 0.406. The Morgan fingerprint density at radius 3 is 2.62 bits per heavy atom. The van der Waals surface area contributed by atoms with Crippen molar-refractivity contribution in [2.45, 2.75) is 32.0 Å². The van der Waals surface area contributed by atoms with E-state index in [1.165, 1.54) is 6.42 Å². The molecule has 0 spiro atoms. The largest absolute Gasteiger partial charge is 0.463 e. The normalized spacial score (nSPS) is 25.1. The van der Waals surface area contributed by atoms with Crippen molar-refractivity contribution in [1.29, 1.82) is 0 Å². The first-order valence-electron chi connectivity index (χ1n) is 5.77. The maximum Gasteiger partial charge on any atom is 0.207 e. The molecule has 0 N–H and O–H groups in total. The van der Waals surface area contributed by atoms with Gasteiger partial charge < -0.3 is 9.47 Å². The number of ether oxygens (including phenoxy) is 2. The molecule has 0 aromatic heterocycles. The van der Waals surface area contributed by atoms with E-state index in [2.05, 4.69) is 6.58 Å². The van der Waals surface area contributed by atoms with E-state index < -0.39 is 5.79 Å². The van der Waals surface area contributed by atoms with E-state index in [1.54, 1.807) is 0 Å². The van der Waals surface area contributed by atoms with Crippen LogP contribution in [0.4, 0.5) is 0 Å². The Morgan fingerprint density at radius 2 is 2.06 bits per heavy atom. The van der Waals surface area contributed by atoms with Crippen molar-refractivity contribution in [3.05, 3.63) is 36.4 Å². The number of benzene rings is 1. The third kappa shape index (κ3) is 2.64. The molecule has 1 fully saturated rings. The first kappa shape index (κ1) is 11.2. The van der Waals surface area contributed by atoms with Crippen LogP contribution in [0.3, 0.4) is 0 Å². The molecule has 1 aromatic carbocycles. The average Bonchev–Trinajstić information content (AvgIpc) is 2.30. The summed E-state index contributed by atoms with van der Waals surface area (Å²) in [6.45, 7) is 6.52. The summed E-state index contributed by atoms with van der Waals surface area (Å²) in [7, 11) is 0. The minimum atomic E-state index is -0.450. The van der Waals surface area contributed by atoms with Gasteiger partial charge in [-0.3, -0.25) is 0 Å². The number of hydrogen-bond donors (Lipinski definition) is 0. The minimum absolute atomic E-state index is 0.450. The van der Waals surface area contributed by atoms with Crippen molar-refractivity contribution in [3.63, 3.8) is 0 Å². The second kappa shape index (κ2) is 4.71. The lowest BCUT2D eigenvalue weighted by atomic mass is 10.1. The van der Waals surface area contributed by atoms with Crippen LogP contribution in [0.15, 0.2) is 30.8 Å². The molecule has 1 aliphatic heterocycles. The molecule has 2 heteroatoms. The fraction of sp³-hybridized carbons (Fsp3) is 0.429.